The van der Waals surface area contributed by atoms with Crippen molar-refractivity contribution in [2.24, 2.45) is 11.8 Å². The normalized spacial score (nSPS) is 13.6. The third-order valence-electron chi connectivity index (χ3n) is 8.75. The van der Waals surface area contributed by atoms with Crippen molar-refractivity contribution in [3.8, 4) is 11.3 Å². The standard InChI is InChI=1S/C23H20N3.C13H24O2.Ir/c1-13(2)14-10-16-19(25-11-14)12-26-22-15-8-9-24-18-7-5-6-17(20(15)18)23(3,4)21(16)22;1-5-10(6-2)12(14)9-13(15)11(7-3)8-4;/h5-7,9-13H,1-4H3;9-11,14H,5-8H2,1-4H3;/q-1;;/b;12-9-;. The maximum atomic E-state index is 11.7. The molecule has 3 heterocycles. The van der Waals surface area contributed by atoms with Gasteiger partial charge in [-0.2, -0.15) is 11.6 Å². The van der Waals surface area contributed by atoms with Gasteiger partial charge in [0.15, 0.2) is 5.78 Å². The number of carbonyl (C=O) groups is 1. The third-order valence-corrected chi connectivity index (χ3v) is 8.75. The van der Waals surface area contributed by atoms with Crippen molar-refractivity contribution < 1.29 is 30.0 Å². The average Bonchev–Trinajstić information content (AvgIpc) is 2.96. The van der Waals surface area contributed by atoms with Crippen molar-refractivity contribution in [1.29, 1.82) is 0 Å². The van der Waals surface area contributed by atoms with Crippen LogP contribution >= 0.6 is 0 Å². The molecule has 0 saturated heterocycles. The molecule has 0 unspecified atom stereocenters. The zero-order valence-corrected chi connectivity index (χ0v) is 28.6. The molecule has 0 atom stereocenters. The summed E-state index contributed by atoms with van der Waals surface area (Å²) < 4.78 is 0. The maximum Gasteiger partial charge on any atom is 0.162 e. The smallest absolute Gasteiger partial charge is 0.162 e. The summed E-state index contributed by atoms with van der Waals surface area (Å²) in [5.41, 5.74) is 7.62. The second-order valence-corrected chi connectivity index (χ2v) is 11.9. The minimum absolute atomic E-state index is 0. The number of allylic oxidation sites excluding steroid dienone is 2. The SMILES string of the molecule is CC(C)c1cnc2cnc3c(c2c1)C(C)(C)c1cccc2nc[c-]c-3c12.CCC(CC)C(=O)/C=C(\O)C(CC)CC.[Ir]. The predicted molar refractivity (Wildman–Crippen MR) is 169 cm³/mol. The summed E-state index contributed by atoms with van der Waals surface area (Å²) in [4.78, 5) is 25.8. The summed E-state index contributed by atoms with van der Waals surface area (Å²) in [5, 5.41) is 12.1. The van der Waals surface area contributed by atoms with Crippen molar-refractivity contribution in [2.45, 2.75) is 92.4 Å². The number of hydrogen-bond donors (Lipinski definition) is 1. The molecule has 225 valence electrons. The van der Waals surface area contributed by atoms with Crippen LogP contribution in [0, 0.1) is 17.9 Å². The second-order valence-electron chi connectivity index (χ2n) is 11.9. The number of fused-ring (bicyclic) bond motifs is 4. The fraction of sp³-hybridized carbons (Fsp3) is 0.444. The number of carbonyl (C=O) groups excluding carboxylic acids is 1. The Balaban J connectivity index is 0.000000263. The molecule has 1 aromatic carbocycles. The molecular formula is C36H44IrN3O2-. The van der Waals surface area contributed by atoms with E-state index in [0.717, 1.165) is 48.0 Å². The van der Waals surface area contributed by atoms with E-state index in [9.17, 15) is 9.90 Å². The third kappa shape index (κ3) is 6.35. The quantitative estimate of drug-likeness (QED) is 0.111. The molecule has 0 amide bonds. The number of hydrogen-bond acceptors (Lipinski definition) is 5. The van der Waals surface area contributed by atoms with Crippen molar-refractivity contribution >= 4 is 27.6 Å². The number of aliphatic hydroxyl groups is 1. The van der Waals surface area contributed by atoms with E-state index in [-0.39, 0.29) is 48.9 Å². The predicted octanol–water partition coefficient (Wildman–Crippen LogP) is 9.28. The summed E-state index contributed by atoms with van der Waals surface area (Å²) in [6.07, 6.45) is 10.5. The first-order valence-corrected chi connectivity index (χ1v) is 15.1. The van der Waals surface area contributed by atoms with Gasteiger partial charge in [0.1, 0.15) is 0 Å². The average molecular weight is 743 g/mol. The van der Waals surface area contributed by atoms with Crippen molar-refractivity contribution in [3.63, 3.8) is 0 Å². The first-order valence-electron chi connectivity index (χ1n) is 15.1. The van der Waals surface area contributed by atoms with Crippen LogP contribution in [0.4, 0.5) is 0 Å². The van der Waals surface area contributed by atoms with E-state index in [0.29, 0.717) is 5.92 Å². The van der Waals surface area contributed by atoms with E-state index in [4.69, 9.17) is 9.97 Å². The minimum Gasteiger partial charge on any atom is -0.512 e. The minimum atomic E-state index is -0.178. The molecule has 5 rings (SSSR count). The van der Waals surface area contributed by atoms with Crippen LogP contribution < -0.4 is 0 Å². The zero-order chi connectivity index (χ0) is 29.9. The molecule has 5 nitrogen and oxygen atoms in total. The van der Waals surface area contributed by atoms with Crippen molar-refractivity contribution in [2.75, 3.05) is 0 Å². The number of nitrogens with zero attached hydrogens (tertiary/aromatic N) is 3. The molecule has 0 saturated carbocycles. The molecule has 0 bridgehead atoms. The first-order chi connectivity index (χ1) is 19.6. The van der Waals surface area contributed by atoms with Gasteiger partial charge in [-0.25, -0.2) is 0 Å². The largest absolute Gasteiger partial charge is 0.512 e. The Kier molecular flexibility index (Phi) is 11.2. The Labute approximate surface area is 264 Å². The fourth-order valence-electron chi connectivity index (χ4n) is 6.02. The molecule has 3 aromatic heterocycles. The Morgan fingerprint density at radius 1 is 0.952 bits per heavy atom. The molecule has 42 heavy (non-hydrogen) atoms. The number of pyridine rings is 3. The molecule has 4 aromatic rings. The van der Waals surface area contributed by atoms with E-state index in [1.807, 2.05) is 40.1 Å². The van der Waals surface area contributed by atoms with Crippen LogP contribution in [0.3, 0.4) is 0 Å². The first kappa shape index (κ1) is 33.6. The van der Waals surface area contributed by atoms with E-state index < -0.39 is 0 Å². The van der Waals surface area contributed by atoms with Gasteiger partial charge in [-0.05, 0) is 72.0 Å². The molecule has 1 aliphatic carbocycles. The topological polar surface area (TPSA) is 76.0 Å². The van der Waals surface area contributed by atoms with Crippen LogP contribution in [0.1, 0.15) is 104 Å². The van der Waals surface area contributed by atoms with Crippen molar-refractivity contribution in [1.82, 2.24) is 15.0 Å². The van der Waals surface area contributed by atoms with Crippen LogP contribution in [0.5, 0.6) is 0 Å². The monoisotopic (exact) mass is 743 g/mol. The van der Waals surface area contributed by atoms with Gasteiger partial charge in [-0.3, -0.25) is 14.8 Å². The zero-order valence-electron chi connectivity index (χ0n) is 26.2. The van der Waals surface area contributed by atoms with E-state index in [2.05, 4.69) is 63.0 Å². The van der Waals surface area contributed by atoms with Gasteiger partial charge >= 0.3 is 0 Å². The number of rotatable bonds is 8. The van der Waals surface area contributed by atoms with Crippen molar-refractivity contribution in [3.05, 3.63) is 77.4 Å². The summed E-state index contributed by atoms with van der Waals surface area (Å²) in [6, 6.07) is 12.0. The van der Waals surface area contributed by atoms with Crippen LogP contribution in [0.15, 0.2) is 54.7 Å². The number of aliphatic hydroxyl groups excluding tert-OH is 1. The Hall–Kier alpha value is -2.95. The van der Waals surface area contributed by atoms with Gasteiger partial charge in [0, 0.05) is 55.9 Å². The van der Waals surface area contributed by atoms with Crippen LogP contribution in [-0.2, 0) is 30.3 Å². The van der Waals surface area contributed by atoms with Crippen LogP contribution in [0.2, 0.25) is 0 Å². The van der Waals surface area contributed by atoms with Gasteiger partial charge in [0.05, 0.1) is 11.3 Å². The summed E-state index contributed by atoms with van der Waals surface area (Å²) in [5.74, 6) is 0.986. The number of benzene rings is 1. The number of aromatic nitrogens is 3. The molecule has 6 heteroatoms. The van der Waals surface area contributed by atoms with Crippen LogP contribution in [0.25, 0.3) is 33.1 Å². The second kappa shape index (κ2) is 14.0. The molecular weight excluding hydrogens is 699 g/mol. The summed E-state index contributed by atoms with van der Waals surface area (Å²) in [7, 11) is 0. The molecule has 1 aliphatic rings. The van der Waals surface area contributed by atoms with Gasteiger partial charge < -0.3 is 10.1 Å². The Morgan fingerprint density at radius 2 is 1.62 bits per heavy atom. The molecule has 1 radical (unpaired) electrons. The van der Waals surface area contributed by atoms with E-state index in [1.54, 1.807) is 6.20 Å². The fourth-order valence-corrected chi connectivity index (χ4v) is 6.02. The van der Waals surface area contributed by atoms with Gasteiger partial charge in [0.2, 0.25) is 0 Å². The van der Waals surface area contributed by atoms with Gasteiger partial charge in [-0.1, -0.05) is 84.0 Å². The Bertz CT molecular complexity index is 1580. The maximum absolute atomic E-state index is 11.7. The van der Waals surface area contributed by atoms with Gasteiger partial charge in [-0.15, -0.1) is 0 Å². The summed E-state index contributed by atoms with van der Waals surface area (Å²) >= 11 is 0. The van der Waals surface area contributed by atoms with Crippen LogP contribution in [-0.4, -0.2) is 25.8 Å². The molecule has 0 aliphatic heterocycles. The van der Waals surface area contributed by atoms with E-state index >= 15 is 0 Å². The van der Waals surface area contributed by atoms with E-state index in [1.165, 1.54) is 33.5 Å². The Morgan fingerprint density at radius 3 is 2.24 bits per heavy atom. The molecule has 0 fully saturated rings. The molecule has 0 spiro atoms. The molecule has 1 N–H and O–H groups in total. The number of ketones is 1. The summed E-state index contributed by atoms with van der Waals surface area (Å²) in [6.45, 7) is 17.0. The van der Waals surface area contributed by atoms with Gasteiger partial charge in [0.25, 0.3) is 0 Å².